The number of nitrogens with one attached hydrogen (secondary N) is 1. The highest BCUT2D eigenvalue weighted by Crippen LogP contribution is 2.36. The Morgan fingerprint density at radius 2 is 2.08 bits per heavy atom. The summed E-state index contributed by atoms with van der Waals surface area (Å²) in [5.41, 5.74) is 4.12. The predicted octanol–water partition coefficient (Wildman–Crippen LogP) is 4.09. The van der Waals surface area contributed by atoms with Crippen LogP contribution in [0.4, 0.5) is 15.9 Å². The van der Waals surface area contributed by atoms with Gasteiger partial charge < -0.3 is 10.1 Å². The summed E-state index contributed by atoms with van der Waals surface area (Å²) in [7, 11) is 0. The smallest absolute Gasteiger partial charge is 0.157 e. The van der Waals surface area contributed by atoms with Crippen LogP contribution in [-0.4, -0.2) is 21.0 Å². The molecule has 1 aliphatic rings. The average Bonchev–Trinajstić information content (AvgIpc) is 3.12. The van der Waals surface area contributed by atoms with Crippen LogP contribution >= 0.6 is 0 Å². The molecule has 6 heteroatoms. The van der Waals surface area contributed by atoms with Gasteiger partial charge in [-0.15, -0.1) is 0 Å². The van der Waals surface area contributed by atoms with E-state index in [-0.39, 0.29) is 5.82 Å². The monoisotopic (exact) mass is 334 g/mol. The van der Waals surface area contributed by atoms with E-state index in [9.17, 15) is 4.39 Å². The van der Waals surface area contributed by atoms with Crippen LogP contribution in [0.3, 0.4) is 0 Å². The van der Waals surface area contributed by atoms with E-state index in [0.29, 0.717) is 23.9 Å². The largest absolute Gasteiger partial charge is 0.491 e. The first-order chi connectivity index (χ1) is 12.3. The Labute approximate surface area is 143 Å². The summed E-state index contributed by atoms with van der Waals surface area (Å²) in [6.07, 6.45) is 5.21. The highest BCUT2D eigenvalue weighted by molar-refractivity contribution is 5.86. The Kier molecular flexibility index (Phi) is 3.09. The molecule has 25 heavy (non-hydrogen) atoms. The molecule has 0 saturated carbocycles. The zero-order chi connectivity index (χ0) is 16.8. The lowest BCUT2D eigenvalue weighted by atomic mass is 10.0. The number of hydrogen-bond donors (Lipinski definition) is 1. The van der Waals surface area contributed by atoms with Crippen LogP contribution in [0.15, 0.2) is 48.9 Å². The molecule has 0 atom stereocenters. The molecule has 0 unspecified atom stereocenters. The second-order valence-corrected chi connectivity index (χ2v) is 6.12. The topological polar surface area (TPSA) is 51.5 Å². The summed E-state index contributed by atoms with van der Waals surface area (Å²) in [6, 6.07) is 10.8. The molecule has 0 aliphatic carbocycles. The van der Waals surface area contributed by atoms with Crippen LogP contribution < -0.4 is 10.1 Å². The summed E-state index contributed by atoms with van der Waals surface area (Å²) >= 11 is 0. The Balaban J connectivity index is 1.69. The quantitative estimate of drug-likeness (QED) is 0.600. The fraction of sp³-hybridized carbons (Fsp3) is 0.158. The van der Waals surface area contributed by atoms with Gasteiger partial charge in [0, 0.05) is 6.07 Å². The van der Waals surface area contributed by atoms with Gasteiger partial charge in [0.2, 0.25) is 0 Å². The molecular formula is C19H15FN4O. The van der Waals surface area contributed by atoms with Crippen molar-refractivity contribution in [3.63, 3.8) is 0 Å². The van der Waals surface area contributed by atoms with Crippen LogP contribution in [0.2, 0.25) is 0 Å². The van der Waals surface area contributed by atoms with E-state index >= 15 is 0 Å². The Morgan fingerprint density at radius 1 is 1.16 bits per heavy atom. The van der Waals surface area contributed by atoms with Crippen LogP contribution in [0.1, 0.15) is 12.0 Å². The van der Waals surface area contributed by atoms with Gasteiger partial charge >= 0.3 is 0 Å². The normalized spacial score (nSPS) is 13.6. The lowest BCUT2D eigenvalue weighted by Crippen LogP contribution is -2.11. The number of nitrogens with zero attached hydrogens (tertiary/aromatic N) is 3. The molecule has 5 rings (SSSR count). The zero-order valence-corrected chi connectivity index (χ0v) is 13.4. The first kappa shape index (κ1) is 14.2. The summed E-state index contributed by atoms with van der Waals surface area (Å²) < 4.78 is 21.8. The van der Waals surface area contributed by atoms with E-state index in [1.54, 1.807) is 18.6 Å². The van der Waals surface area contributed by atoms with Gasteiger partial charge in [-0.05, 0) is 36.6 Å². The van der Waals surface area contributed by atoms with E-state index in [1.165, 1.54) is 6.07 Å². The summed E-state index contributed by atoms with van der Waals surface area (Å²) in [4.78, 5) is 8.94. The minimum absolute atomic E-state index is 0.280. The maximum Gasteiger partial charge on any atom is 0.157 e. The molecule has 0 saturated heterocycles. The highest BCUT2D eigenvalue weighted by atomic mass is 19.1. The van der Waals surface area contributed by atoms with Gasteiger partial charge in [0.15, 0.2) is 5.82 Å². The van der Waals surface area contributed by atoms with E-state index in [0.717, 1.165) is 35.0 Å². The van der Waals surface area contributed by atoms with Crippen molar-refractivity contribution in [3.05, 3.63) is 60.3 Å². The third-order valence-electron chi connectivity index (χ3n) is 4.48. The van der Waals surface area contributed by atoms with Crippen molar-refractivity contribution in [1.82, 2.24) is 14.4 Å². The molecule has 0 amide bonds. The first-order valence-electron chi connectivity index (χ1n) is 8.23. The summed E-state index contributed by atoms with van der Waals surface area (Å²) in [5.74, 6) is 1.05. The lowest BCUT2D eigenvalue weighted by molar-refractivity contribution is 0.289. The van der Waals surface area contributed by atoms with Crippen LogP contribution in [0, 0.1) is 5.82 Å². The Bertz CT molecular complexity index is 1110. The molecule has 0 radical (unpaired) electrons. The molecule has 0 bridgehead atoms. The number of anilines is 2. The molecule has 3 heterocycles. The van der Waals surface area contributed by atoms with Gasteiger partial charge in [0.05, 0.1) is 35.9 Å². The van der Waals surface area contributed by atoms with E-state index in [2.05, 4.69) is 10.3 Å². The lowest BCUT2D eigenvalue weighted by Gasteiger charge is -2.21. The second-order valence-electron chi connectivity index (χ2n) is 6.12. The number of benzene rings is 2. The molecule has 1 aliphatic heterocycles. The van der Waals surface area contributed by atoms with E-state index < -0.39 is 0 Å². The molecule has 0 fully saturated rings. The maximum atomic E-state index is 14.0. The molecule has 5 nitrogen and oxygen atoms in total. The molecule has 124 valence electrons. The van der Waals surface area contributed by atoms with Crippen molar-refractivity contribution in [1.29, 1.82) is 0 Å². The minimum Gasteiger partial charge on any atom is -0.491 e. The van der Waals surface area contributed by atoms with Crippen molar-refractivity contribution in [2.24, 2.45) is 0 Å². The van der Waals surface area contributed by atoms with Gasteiger partial charge in [-0.25, -0.2) is 14.4 Å². The van der Waals surface area contributed by atoms with Crippen LogP contribution in [0.5, 0.6) is 5.75 Å². The Hall–Kier alpha value is -3.15. The fourth-order valence-corrected chi connectivity index (χ4v) is 3.36. The second kappa shape index (κ2) is 5.44. The fourth-order valence-electron chi connectivity index (χ4n) is 3.36. The van der Waals surface area contributed by atoms with Gasteiger partial charge in [-0.1, -0.05) is 12.1 Å². The van der Waals surface area contributed by atoms with Crippen molar-refractivity contribution < 1.29 is 9.13 Å². The maximum absolute atomic E-state index is 14.0. The number of ether oxygens (including phenoxy) is 1. The SMILES string of the molecule is Fc1cc2c(c(Nc3nc4ccccc4n4cncc34)c1)OCCC2. The molecule has 0 spiro atoms. The first-order valence-corrected chi connectivity index (χ1v) is 8.23. The van der Waals surface area contributed by atoms with Crippen LogP contribution in [-0.2, 0) is 6.42 Å². The number of aryl methyl sites for hydroxylation is 1. The number of rotatable bonds is 2. The molecule has 4 aromatic rings. The van der Waals surface area contributed by atoms with Crippen molar-refractivity contribution >= 4 is 28.1 Å². The zero-order valence-electron chi connectivity index (χ0n) is 13.4. The molecular weight excluding hydrogens is 319 g/mol. The minimum atomic E-state index is -0.280. The number of aromatic nitrogens is 3. The number of fused-ring (bicyclic) bond motifs is 4. The van der Waals surface area contributed by atoms with Gasteiger partial charge in [0.1, 0.15) is 17.1 Å². The number of hydrogen-bond acceptors (Lipinski definition) is 4. The number of para-hydroxylation sites is 2. The van der Waals surface area contributed by atoms with Crippen molar-refractivity contribution in [2.45, 2.75) is 12.8 Å². The highest BCUT2D eigenvalue weighted by Gasteiger charge is 2.18. The third kappa shape index (κ3) is 2.29. The van der Waals surface area contributed by atoms with Crippen molar-refractivity contribution in [3.8, 4) is 5.75 Å². The van der Waals surface area contributed by atoms with Crippen molar-refractivity contribution in [2.75, 3.05) is 11.9 Å². The molecule has 2 aromatic carbocycles. The third-order valence-corrected chi connectivity index (χ3v) is 4.48. The van der Waals surface area contributed by atoms with E-state index in [4.69, 9.17) is 9.72 Å². The Morgan fingerprint density at radius 3 is 3.04 bits per heavy atom. The molecule has 1 N–H and O–H groups in total. The summed E-state index contributed by atoms with van der Waals surface area (Å²) in [5, 5.41) is 3.26. The number of halogens is 1. The van der Waals surface area contributed by atoms with Crippen LogP contribution in [0.25, 0.3) is 16.6 Å². The van der Waals surface area contributed by atoms with Gasteiger partial charge in [-0.2, -0.15) is 0 Å². The number of imidazole rings is 1. The van der Waals surface area contributed by atoms with E-state index in [1.807, 2.05) is 28.7 Å². The van der Waals surface area contributed by atoms with Gasteiger partial charge in [0.25, 0.3) is 0 Å². The van der Waals surface area contributed by atoms with Gasteiger partial charge in [-0.3, -0.25) is 4.40 Å². The predicted molar refractivity (Wildman–Crippen MR) is 94.0 cm³/mol. The standard InChI is InChI=1S/C19H15FN4O/c20-13-8-12-4-3-7-25-18(12)15(9-13)23-19-17-10-21-11-24(17)16-6-2-1-5-14(16)22-19/h1-2,5-6,8-11H,3-4,7H2,(H,22,23). The molecule has 2 aromatic heterocycles. The average molecular weight is 334 g/mol. The summed E-state index contributed by atoms with van der Waals surface area (Å²) in [6.45, 7) is 0.639.